The lowest BCUT2D eigenvalue weighted by Gasteiger charge is -2.23. The molecular formula is C19H24F3N3O4. The molecule has 29 heavy (non-hydrogen) atoms. The normalized spacial score (nSPS) is 20.9. The molecule has 0 radical (unpaired) electrons. The predicted molar refractivity (Wildman–Crippen MR) is 97.6 cm³/mol. The Balaban J connectivity index is 1.96. The largest absolute Gasteiger partial charge is 0.412 e. The van der Waals surface area contributed by atoms with Crippen LogP contribution in [0.25, 0.3) is 0 Å². The Hall–Kier alpha value is -2.62. The molecule has 2 rings (SSSR count). The van der Waals surface area contributed by atoms with Gasteiger partial charge in [-0.1, -0.05) is 22.9 Å². The van der Waals surface area contributed by atoms with Crippen LogP contribution in [0.5, 0.6) is 0 Å². The van der Waals surface area contributed by atoms with E-state index in [1.54, 1.807) is 19.9 Å². The van der Waals surface area contributed by atoms with Crippen molar-refractivity contribution >= 4 is 11.8 Å². The number of hydrogen-bond donors (Lipinski definition) is 2. The van der Waals surface area contributed by atoms with E-state index in [1.807, 2.05) is 0 Å². The van der Waals surface area contributed by atoms with Crippen LogP contribution in [-0.2, 0) is 16.0 Å². The number of aromatic nitrogens is 1. The quantitative estimate of drug-likeness (QED) is 0.694. The number of carbonyl (C=O) groups excluding carboxylic acids is 2. The number of amides is 2. The third kappa shape index (κ3) is 6.45. The zero-order chi connectivity index (χ0) is 21.8. The number of carbonyl (C=O) groups is 2. The van der Waals surface area contributed by atoms with E-state index in [2.05, 4.69) is 10.5 Å². The average molecular weight is 415 g/mol. The fraction of sp³-hybridized carbons (Fsp3) is 0.526. The molecule has 2 atom stereocenters. The topological polar surface area (TPSA) is 95.7 Å². The van der Waals surface area contributed by atoms with Gasteiger partial charge in [-0.15, -0.1) is 0 Å². The molecule has 1 fully saturated rings. The smallest absolute Gasteiger partial charge is 0.391 e. The number of nitrogens with zero attached hydrogens (tertiary/aromatic N) is 2. The number of β-amino-alcohol motifs (C(OH)–C–C–N with tert-alkyl or cyclic N) is 1. The highest BCUT2D eigenvalue weighted by atomic mass is 19.4. The lowest BCUT2D eigenvalue weighted by molar-refractivity contribution is -0.138. The van der Waals surface area contributed by atoms with Gasteiger partial charge in [0.05, 0.1) is 18.2 Å². The van der Waals surface area contributed by atoms with E-state index in [9.17, 15) is 27.9 Å². The zero-order valence-corrected chi connectivity index (χ0v) is 16.4. The summed E-state index contributed by atoms with van der Waals surface area (Å²) in [5.74, 6) is -0.500. The third-order valence-corrected chi connectivity index (χ3v) is 4.51. The average Bonchev–Trinajstić information content (AvgIpc) is 3.22. The molecule has 0 aliphatic carbocycles. The number of aryl methyl sites for hydroxylation is 1. The molecule has 10 heteroatoms. The van der Waals surface area contributed by atoms with E-state index in [0.29, 0.717) is 17.0 Å². The van der Waals surface area contributed by atoms with Crippen molar-refractivity contribution in [2.45, 2.75) is 51.9 Å². The van der Waals surface area contributed by atoms with Gasteiger partial charge in [0.15, 0.2) is 0 Å². The standard InChI is InChI=1S/C19H24F3N3O4/c1-11(4-5-12(2)19(20,21)22)9-23-18(28)16-7-14(26)10-25(16)17(27)8-15-6-13(3)24-29-15/h4-6,14,16,26H,7-10H2,1-3H3,(H,23,28)/b11-4+,12-5+/t14-,16?/m1/s1. The number of nitrogens with one attached hydrogen (secondary N) is 1. The Bertz CT molecular complexity index is 814. The summed E-state index contributed by atoms with van der Waals surface area (Å²) in [7, 11) is 0. The van der Waals surface area contributed by atoms with Crippen LogP contribution in [0.15, 0.2) is 33.9 Å². The van der Waals surface area contributed by atoms with Gasteiger partial charge in [0, 0.05) is 31.1 Å². The van der Waals surface area contributed by atoms with E-state index in [-0.39, 0.29) is 31.8 Å². The van der Waals surface area contributed by atoms with Crippen LogP contribution in [0.3, 0.4) is 0 Å². The van der Waals surface area contributed by atoms with Gasteiger partial charge < -0.3 is 19.8 Å². The van der Waals surface area contributed by atoms with Crippen molar-refractivity contribution in [3.05, 3.63) is 40.8 Å². The first-order valence-corrected chi connectivity index (χ1v) is 9.06. The molecule has 1 aromatic rings. The number of aliphatic hydroxyl groups excluding tert-OH is 1. The van der Waals surface area contributed by atoms with Gasteiger partial charge in [-0.25, -0.2) is 0 Å². The molecule has 1 unspecified atom stereocenters. The number of alkyl halides is 3. The lowest BCUT2D eigenvalue weighted by atomic mass is 10.1. The molecule has 0 aromatic carbocycles. The summed E-state index contributed by atoms with van der Waals surface area (Å²) in [6.07, 6.45) is -3.01. The van der Waals surface area contributed by atoms with E-state index in [4.69, 9.17) is 4.52 Å². The Morgan fingerprint density at radius 3 is 2.66 bits per heavy atom. The van der Waals surface area contributed by atoms with Crippen molar-refractivity contribution in [3.63, 3.8) is 0 Å². The molecule has 1 aliphatic heterocycles. The van der Waals surface area contributed by atoms with Crippen LogP contribution >= 0.6 is 0 Å². The molecule has 2 amide bonds. The summed E-state index contributed by atoms with van der Waals surface area (Å²) in [6.45, 7) is 4.30. The first-order valence-electron chi connectivity index (χ1n) is 9.06. The van der Waals surface area contributed by atoms with E-state index in [0.717, 1.165) is 13.0 Å². The van der Waals surface area contributed by atoms with Gasteiger partial charge in [0.2, 0.25) is 11.8 Å². The number of rotatable bonds is 6. The molecule has 0 saturated carbocycles. The van der Waals surface area contributed by atoms with Gasteiger partial charge >= 0.3 is 6.18 Å². The van der Waals surface area contributed by atoms with Crippen molar-refractivity contribution in [2.24, 2.45) is 0 Å². The monoisotopic (exact) mass is 415 g/mol. The van der Waals surface area contributed by atoms with E-state index < -0.39 is 29.8 Å². The first kappa shape index (κ1) is 22.7. The molecule has 2 N–H and O–H groups in total. The summed E-state index contributed by atoms with van der Waals surface area (Å²) in [5.41, 5.74) is 0.387. The van der Waals surface area contributed by atoms with Gasteiger partial charge in [0.1, 0.15) is 11.8 Å². The summed E-state index contributed by atoms with van der Waals surface area (Å²) in [4.78, 5) is 26.3. The van der Waals surface area contributed by atoms with E-state index >= 15 is 0 Å². The van der Waals surface area contributed by atoms with Crippen molar-refractivity contribution in [2.75, 3.05) is 13.1 Å². The number of aliphatic hydroxyl groups is 1. The number of halogens is 3. The Kier molecular flexibility index (Phi) is 7.23. The molecular weight excluding hydrogens is 391 g/mol. The minimum atomic E-state index is -4.40. The highest BCUT2D eigenvalue weighted by Crippen LogP contribution is 2.25. The van der Waals surface area contributed by atoms with Crippen LogP contribution < -0.4 is 5.32 Å². The van der Waals surface area contributed by atoms with Crippen molar-refractivity contribution < 1.29 is 32.4 Å². The molecule has 1 aliphatic rings. The predicted octanol–water partition coefficient (Wildman–Crippen LogP) is 2.06. The third-order valence-electron chi connectivity index (χ3n) is 4.51. The SMILES string of the molecule is C/C(=C\C=C(/C)C(F)(F)F)CNC(=O)C1C[C@@H](O)CN1C(=O)Cc1cc(C)no1. The maximum absolute atomic E-state index is 12.5. The van der Waals surface area contributed by atoms with Crippen molar-refractivity contribution in [3.8, 4) is 0 Å². The van der Waals surface area contributed by atoms with Crippen LogP contribution in [0.2, 0.25) is 0 Å². The maximum Gasteiger partial charge on any atom is 0.412 e. The summed E-state index contributed by atoms with van der Waals surface area (Å²) in [6, 6.07) is 0.756. The first-order chi connectivity index (χ1) is 13.5. The Morgan fingerprint density at radius 1 is 1.38 bits per heavy atom. The second kappa shape index (κ2) is 9.25. The number of allylic oxidation sites excluding steroid dienone is 3. The Labute approximate surface area is 166 Å². The van der Waals surface area contributed by atoms with Crippen molar-refractivity contribution in [1.82, 2.24) is 15.4 Å². The zero-order valence-electron chi connectivity index (χ0n) is 16.4. The molecule has 2 heterocycles. The van der Waals surface area contributed by atoms with Gasteiger partial charge in [0.25, 0.3) is 0 Å². The number of likely N-dealkylation sites (tertiary alicyclic amines) is 1. The maximum atomic E-state index is 12.5. The highest BCUT2D eigenvalue weighted by Gasteiger charge is 2.38. The molecule has 160 valence electrons. The second-order valence-electron chi connectivity index (χ2n) is 7.14. The lowest BCUT2D eigenvalue weighted by Crippen LogP contribution is -2.46. The molecule has 0 bridgehead atoms. The van der Waals surface area contributed by atoms with Gasteiger partial charge in [-0.05, 0) is 20.8 Å². The van der Waals surface area contributed by atoms with Crippen LogP contribution in [0.4, 0.5) is 13.2 Å². The fourth-order valence-corrected chi connectivity index (χ4v) is 2.85. The summed E-state index contributed by atoms with van der Waals surface area (Å²) < 4.78 is 42.5. The number of hydrogen-bond acceptors (Lipinski definition) is 5. The summed E-state index contributed by atoms with van der Waals surface area (Å²) >= 11 is 0. The van der Waals surface area contributed by atoms with Gasteiger partial charge in [-0.3, -0.25) is 9.59 Å². The second-order valence-corrected chi connectivity index (χ2v) is 7.14. The van der Waals surface area contributed by atoms with Gasteiger partial charge in [-0.2, -0.15) is 13.2 Å². The molecule has 1 aromatic heterocycles. The molecule has 0 spiro atoms. The molecule has 1 saturated heterocycles. The van der Waals surface area contributed by atoms with Crippen molar-refractivity contribution in [1.29, 1.82) is 0 Å². The minimum Gasteiger partial charge on any atom is -0.391 e. The summed E-state index contributed by atoms with van der Waals surface area (Å²) in [5, 5.41) is 16.2. The van der Waals surface area contributed by atoms with Crippen LogP contribution in [0, 0.1) is 6.92 Å². The minimum absolute atomic E-state index is 0.0202. The molecule has 7 nitrogen and oxygen atoms in total. The Morgan fingerprint density at radius 2 is 2.07 bits per heavy atom. The van der Waals surface area contributed by atoms with Crippen LogP contribution in [0.1, 0.15) is 31.7 Å². The fourth-order valence-electron chi connectivity index (χ4n) is 2.85. The highest BCUT2D eigenvalue weighted by molar-refractivity contribution is 5.89. The van der Waals surface area contributed by atoms with E-state index in [1.165, 1.54) is 11.0 Å². The van der Waals surface area contributed by atoms with Crippen LogP contribution in [-0.4, -0.2) is 58.4 Å².